The Kier molecular flexibility index (Phi) is 3.73. The predicted octanol–water partition coefficient (Wildman–Crippen LogP) is 1.76. The number of aliphatic hydroxyl groups excluding tert-OH is 1. The van der Waals surface area contributed by atoms with Crippen molar-refractivity contribution >= 4 is 6.29 Å². The lowest BCUT2D eigenvalue weighted by atomic mass is 9.76. The molecule has 12 heavy (non-hydrogen) atoms. The molecule has 0 aromatic heterocycles. The van der Waals surface area contributed by atoms with Crippen LogP contribution < -0.4 is 0 Å². The summed E-state index contributed by atoms with van der Waals surface area (Å²) in [6, 6.07) is 0. The number of hydrogen-bond acceptors (Lipinski definition) is 2. The number of carbonyl (C=O) groups excluding carboxylic acids is 1. The van der Waals surface area contributed by atoms with E-state index in [2.05, 4.69) is 6.92 Å². The minimum absolute atomic E-state index is 0.155. The van der Waals surface area contributed by atoms with Crippen molar-refractivity contribution in [3.05, 3.63) is 0 Å². The van der Waals surface area contributed by atoms with E-state index < -0.39 is 0 Å². The van der Waals surface area contributed by atoms with Crippen molar-refractivity contribution in [3.8, 4) is 0 Å². The van der Waals surface area contributed by atoms with Crippen molar-refractivity contribution in [2.45, 2.75) is 45.1 Å². The first kappa shape index (κ1) is 9.72. The molecule has 0 radical (unpaired) electrons. The van der Waals surface area contributed by atoms with Crippen molar-refractivity contribution in [3.63, 3.8) is 0 Å². The van der Waals surface area contributed by atoms with Gasteiger partial charge in [-0.05, 0) is 31.6 Å². The van der Waals surface area contributed by atoms with E-state index in [0.717, 1.165) is 38.4 Å². The maximum absolute atomic E-state index is 10.7. The highest BCUT2D eigenvalue weighted by atomic mass is 16.3. The third-order valence-electron chi connectivity index (χ3n) is 2.85. The van der Waals surface area contributed by atoms with Gasteiger partial charge in [0.05, 0.1) is 6.10 Å². The molecule has 1 aliphatic rings. The standard InChI is InChI=1S/C10H18O2/c1-2-3-8-6-10(12)5-4-9(8)7-11/h7-10,12H,2-6H2,1H3. The molecule has 1 aliphatic carbocycles. The van der Waals surface area contributed by atoms with Crippen LogP contribution in [0.1, 0.15) is 39.0 Å². The summed E-state index contributed by atoms with van der Waals surface area (Å²) in [6.07, 6.45) is 5.64. The van der Waals surface area contributed by atoms with Gasteiger partial charge in [-0.1, -0.05) is 13.3 Å². The number of aliphatic hydroxyl groups is 1. The zero-order valence-corrected chi connectivity index (χ0v) is 7.70. The summed E-state index contributed by atoms with van der Waals surface area (Å²) in [5, 5.41) is 9.40. The predicted molar refractivity (Wildman–Crippen MR) is 47.8 cm³/mol. The maximum atomic E-state index is 10.7. The van der Waals surface area contributed by atoms with Crippen LogP contribution in [0, 0.1) is 11.8 Å². The van der Waals surface area contributed by atoms with Crippen LogP contribution in [0.25, 0.3) is 0 Å². The molecule has 3 atom stereocenters. The highest BCUT2D eigenvalue weighted by molar-refractivity contribution is 5.54. The quantitative estimate of drug-likeness (QED) is 0.655. The van der Waals surface area contributed by atoms with Crippen LogP contribution in [0.3, 0.4) is 0 Å². The van der Waals surface area contributed by atoms with E-state index in [1.807, 2.05) is 0 Å². The van der Waals surface area contributed by atoms with Crippen LogP contribution in [-0.2, 0) is 4.79 Å². The van der Waals surface area contributed by atoms with E-state index in [1.165, 1.54) is 0 Å². The van der Waals surface area contributed by atoms with Gasteiger partial charge in [0, 0.05) is 5.92 Å². The SMILES string of the molecule is CCCC1CC(O)CCC1C=O. The van der Waals surface area contributed by atoms with Gasteiger partial charge in [0.2, 0.25) is 0 Å². The topological polar surface area (TPSA) is 37.3 Å². The summed E-state index contributed by atoms with van der Waals surface area (Å²) in [4.78, 5) is 10.7. The van der Waals surface area contributed by atoms with E-state index in [-0.39, 0.29) is 12.0 Å². The van der Waals surface area contributed by atoms with Gasteiger partial charge >= 0.3 is 0 Å². The Morgan fingerprint density at radius 3 is 2.83 bits per heavy atom. The molecule has 2 heteroatoms. The minimum Gasteiger partial charge on any atom is -0.393 e. The first-order valence-electron chi connectivity index (χ1n) is 4.91. The number of rotatable bonds is 3. The van der Waals surface area contributed by atoms with Crippen molar-refractivity contribution < 1.29 is 9.90 Å². The summed E-state index contributed by atoms with van der Waals surface area (Å²) in [6.45, 7) is 2.13. The largest absolute Gasteiger partial charge is 0.393 e. The van der Waals surface area contributed by atoms with Crippen LogP contribution in [0.2, 0.25) is 0 Å². The molecule has 0 spiro atoms. The van der Waals surface area contributed by atoms with Gasteiger partial charge < -0.3 is 9.90 Å². The normalized spacial score (nSPS) is 36.3. The molecule has 70 valence electrons. The second-order valence-corrected chi connectivity index (χ2v) is 3.82. The molecule has 1 saturated carbocycles. The van der Waals surface area contributed by atoms with E-state index >= 15 is 0 Å². The third kappa shape index (κ3) is 2.31. The van der Waals surface area contributed by atoms with Crippen LogP contribution in [0.4, 0.5) is 0 Å². The van der Waals surface area contributed by atoms with Crippen LogP contribution in [-0.4, -0.2) is 17.5 Å². The number of aldehydes is 1. The third-order valence-corrected chi connectivity index (χ3v) is 2.85. The highest BCUT2D eigenvalue weighted by Gasteiger charge is 2.28. The van der Waals surface area contributed by atoms with Gasteiger partial charge in [-0.25, -0.2) is 0 Å². The number of hydrogen-bond donors (Lipinski definition) is 1. The molecule has 0 aromatic carbocycles. The van der Waals surface area contributed by atoms with Gasteiger partial charge in [-0.2, -0.15) is 0 Å². The summed E-state index contributed by atoms with van der Waals surface area (Å²) in [7, 11) is 0. The lowest BCUT2D eigenvalue weighted by Gasteiger charge is -2.30. The fourth-order valence-electron chi connectivity index (χ4n) is 2.14. The van der Waals surface area contributed by atoms with E-state index in [1.54, 1.807) is 0 Å². The molecule has 0 heterocycles. The van der Waals surface area contributed by atoms with Crippen LogP contribution in [0.5, 0.6) is 0 Å². The molecule has 1 N–H and O–H groups in total. The molecule has 0 amide bonds. The fourth-order valence-corrected chi connectivity index (χ4v) is 2.14. The Morgan fingerprint density at radius 1 is 1.50 bits per heavy atom. The van der Waals surface area contributed by atoms with Crippen molar-refractivity contribution in [1.82, 2.24) is 0 Å². The van der Waals surface area contributed by atoms with Crippen LogP contribution >= 0.6 is 0 Å². The van der Waals surface area contributed by atoms with Gasteiger partial charge in [-0.3, -0.25) is 0 Å². The molecule has 1 fully saturated rings. The minimum atomic E-state index is -0.155. The average molecular weight is 170 g/mol. The highest BCUT2D eigenvalue weighted by Crippen LogP contribution is 2.31. The van der Waals surface area contributed by atoms with Crippen molar-refractivity contribution in [2.75, 3.05) is 0 Å². The van der Waals surface area contributed by atoms with Gasteiger partial charge in [-0.15, -0.1) is 0 Å². The Morgan fingerprint density at radius 2 is 2.25 bits per heavy atom. The summed E-state index contributed by atoms with van der Waals surface area (Å²) in [5.41, 5.74) is 0. The number of carbonyl (C=O) groups is 1. The lowest BCUT2D eigenvalue weighted by Crippen LogP contribution is -2.28. The van der Waals surface area contributed by atoms with Crippen molar-refractivity contribution in [2.24, 2.45) is 11.8 Å². The summed E-state index contributed by atoms with van der Waals surface area (Å²) >= 11 is 0. The van der Waals surface area contributed by atoms with Crippen molar-refractivity contribution in [1.29, 1.82) is 0 Å². The summed E-state index contributed by atoms with van der Waals surface area (Å²) in [5.74, 6) is 0.657. The first-order valence-corrected chi connectivity index (χ1v) is 4.91. The van der Waals surface area contributed by atoms with Crippen LogP contribution in [0.15, 0.2) is 0 Å². The second-order valence-electron chi connectivity index (χ2n) is 3.82. The Bertz CT molecular complexity index is 145. The maximum Gasteiger partial charge on any atom is 0.123 e. The van der Waals surface area contributed by atoms with E-state index in [9.17, 15) is 9.90 Å². The van der Waals surface area contributed by atoms with E-state index in [0.29, 0.717) is 5.92 Å². The molecule has 3 unspecified atom stereocenters. The van der Waals surface area contributed by atoms with Gasteiger partial charge in [0.25, 0.3) is 0 Å². The fraction of sp³-hybridized carbons (Fsp3) is 0.900. The monoisotopic (exact) mass is 170 g/mol. The Labute approximate surface area is 74.0 Å². The molecule has 2 nitrogen and oxygen atoms in total. The lowest BCUT2D eigenvalue weighted by molar-refractivity contribution is -0.114. The molecule has 0 saturated heterocycles. The summed E-state index contributed by atoms with van der Waals surface area (Å²) < 4.78 is 0. The molecule has 0 aliphatic heterocycles. The van der Waals surface area contributed by atoms with E-state index in [4.69, 9.17) is 0 Å². The van der Waals surface area contributed by atoms with Gasteiger partial charge in [0.15, 0.2) is 0 Å². The first-order chi connectivity index (χ1) is 5.77. The zero-order chi connectivity index (χ0) is 8.97. The average Bonchev–Trinajstić information content (AvgIpc) is 2.05. The smallest absolute Gasteiger partial charge is 0.123 e. The molecular weight excluding hydrogens is 152 g/mol. The Balaban J connectivity index is 2.45. The molecule has 0 bridgehead atoms. The Hall–Kier alpha value is -0.370. The molecular formula is C10H18O2. The molecule has 1 rings (SSSR count). The van der Waals surface area contributed by atoms with Gasteiger partial charge in [0.1, 0.15) is 6.29 Å². The molecule has 0 aromatic rings. The zero-order valence-electron chi connectivity index (χ0n) is 7.70. The second kappa shape index (κ2) is 4.61.